The van der Waals surface area contributed by atoms with Crippen LogP contribution in [0.2, 0.25) is 5.02 Å². The molecule has 0 saturated carbocycles. The summed E-state index contributed by atoms with van der Waals surface area (Å²) in [7, 11) is -2.01. The second kappa shape index (κ2) is 11.0. The van der Waals surface area contributed by atoms with Gasteiger partial charge in [-0.2, -0.15) is 5.10 Å². The average molecular weight is 589 g/mol. The molecule has 2 aliphatic heterocycles. The van der Waals surface area contributed by atoms with Crippen LogP contribution in [0, 0.1) is 6.92 Å². The topological polar surface area (TPSA) is 140 Å². The summed E-state index contributed by atoms with van der Waals surface area (Å²) in [6.07, 6.45) is 5.92. The molecular weight excluding hydrogens is 556 g/mol. The Bertz CT molecular complexity index is 1570. The van der Waals surface area contributed by atoms with Crippen LogP contribution in [0.15, 0.2) is 30.5 Å². The number of piperidine rings is 1. The summed E-state index contributed by atoms with van der Waals surface area (Å²) in [6, 6.07) is 5.58. The van der Waals surface area contributed by atoms with Crippen molar-refractivity contribution < 1.29 is 22.7 Å². The van der Waals surface area contributed by atoms with E-state index in [0.29, 0.717) is 53.7 Å². The standard InChI is InChI=1S/C27H33ClN6O5S/c1-16-13-34-24(30-25(16)33-14-19(29)11-23(33)27(36)39-2)12-21(31-34)22-6-4-5-9-32(22)26(35)20-10-18(28)8-7-17(20)15-40(3,37)38/h7-8,10,12-13,19,22-23H,4-6,9,11,14-15,29H2,1-3H3/t19-,22-,23+/m0/s1. The molecule has 0 aliphatic carbocycles. The molecule has 214 valence electrons. The van der Waals surface area contributed by atoms with E-state index in [9.17, 15) is 18.0 Å². The number of benzene rings is 1. The largest absolute Gasteiger partial charge is 0.467 e. The van der Waals surface area contributed by atoms with Gasteiger partial charge in [-0.15, -0.1) is 0 Å². The van der Waals surface area contributed by atoms with Crippen LogP contribution in [-0.2, 0) is 25.1 Å². The zero-order valence-corrected chi connectivity index (χ0v) is 24.3. The van der Waals surface area contributed by atoms with Crippen molar-refractivity contribution in [1.29, 1.82) is 0 Å². The first-order valence-electron chi connectivity index (χ1n) is 13.2. The molecule has 2 aromatic heterocycles. The average Bonchev–Trinajstić information content (AvgIpc) is 3.50. The van der Waals surface area contributed by atoms with Crippen LogP contribution < -0.4 is 10.6 Å². The molecular formula is C27H33ClN6O5S. The number of esters is 1. The summed E-state index contributed by atoms with van der Waals surface area (Å²) in [6.45, 7) is 2.89. The molecule has 0 radical (unpaired) electrons. The SMILES string of the molecule is COC(=O)[C@H]1C[C@H](N)CN1c1nc2cc([C@@H]3CCCCN3C(=O)c3cc(Cl)ccc3CS(C)(=O)=O)nn2cc1C. The number of carbonyl (C=O) groups excluding carboxylic acids is 2. The van der Waals surface area contributed by atoms with Crippen molar-refractivity contribution in [2.45, 2.75) is 56.5 Å². The second-order valence-corrected chi connectivity index (χ2v) is 13.3. The second-order valence-electron chi connectivity index (χ2n) is 10.7. The van der Waals surface area contributed by atoms with Crippen molar-refractivity contribution >= 4 is 44.8 Å². The van der Waals surface area contributed by atoms with E-state index in [1.54, 1.807) is 21.5 Å². The Morgan fingerprint density at radius 2 is 2.00 bits per heavy atom. The third-order valence-electron chi connectivity index (χ3n) is 7.53. The lowest BCUT2D eigenvalue weighted by Gasteiger charge is -2.35. The maximum Gasteiger partial charge on any atom is 0.328 e. The van der Waals surface area contributed by atoms with E-state index >= 15 is 0 Å². The first-order valence-corrected chi connectivity index (χ1v) is 15.6. The summed E-state index contributed by atoms with van der Waals surface area (Å²) < 4.78 is 30.8. The molecule has 0 spiro atoms. The van der Waals surface area contributed by atoms with Gasteiger partial charge >= 0.3 is 5.97 Å². The normalized spacial score (nSPS) is 21.7. The highest BCUT2D eigenvalue weighted by Crippen LogP contribution is 2.34. The lowest BCUT2D eigenvalue weighted by molar-refractivity contribution is -0.142. The number of fused-ring (bicyclic) bond motifs is 1. The zero-order chi connectivity index (χ0) is 28.8. The van der Waals surface area contributed by atoms with Crippen LogP contribution in [0.5, 0.6) is 0 Å². The monoisotopic (exact) mass is 588 g/mol. The Hall–Kier alpha value is -3.22. The van der Waals surface area contributed by atoms with Crippen LogP contribution in [0.25, 0.3) is 5.65 Å². The van der Waals surface area contributed by atoms with Crippen molar-refractivity contribution in [2.24, 2.45) is 5.73 Å². The highest BCUT2D eigenvalue weighted by molar-refractivity contribution is 7.89. The Morgan fingerprint density at radius 1 is 1.23 bits per heavy atom. The van der Waals surface area contributed by atoms with Crippen molar-refractivity contribution in [3.05, 3.63) is 57.9 Å². The molecule has 3 aromatic rings. The van der Waals surface area contributed by atoms with E-state index in [1.807, 2.05) is 24.1 Å². The number of nitrogens with two attached hydrogens (primary N) is 1. The molecule has 0 bridgehead atoms. The third kappa shape index (κ3) is 5.65. The van der Waals surface area contributed by atoms with Crippen molar-refractivity contribution in [3.63, 3.8) is 0 Å². The number of methoxy groups -OCH3 is 1. The van der Waals surface area contributed by atoms with Gasteiger partial charge in [0.2, 0.25) is 0 Å². The summed E-state index contributed by atoms with van der Waals surface area (Å²) in [5.74, 6) is -0.240. The number of halogens is 1. The van der Waals surface area contributed by atoms with Crippen LogP contribution in [0.4, 0.5) is 5.82 Å². The number of nitrogens with zero attached hydrogens (tertiary/aromatic N) is 5. The molecule has 2 aliphatic rings. The van der Waals surface area contributed by atoms with E-state index in [4.69, 9.17) is 32.2 Å². The molecule has 1 aromatic carbocycles. The summed E-state index contributed by atoms with van der Waals surface area (Å²) in [5, 5.41) is 5.14. The molecule has 1 amide bonds. The minimum atomic E-state index is -3.37. The number of aryl methyl sites for hydroxylation is 1. The van der Waals surface area contributed by atoms with Crippen LogP contribution in [0.3, 0.4) is 0 Å². The van der Waals surface area contributed by atoms with Gasteiger partial charge in [0.15, 0.2) is 15.5 Å². The first kappa shape index (κ1) is 28.3. The summed E-state index contributed by atoms with van der Waals surface area (Å²) in [4.78, 5) is 34.8. The number of ether oxygens (including phenoxy) is 1. The minimum Gasteiger partial charge on any atom is -0.467 e. The van der Waals surface area contributed by atoms with Gasteiger partial charge in [-0.3, -0.25) is 4.79 Å². The lowest BCUT2D eigenvalue weighted by atomic mass is 9.97. The quantitative estimate of drug-likeness (QED) is 0.430. The highest BCUT2D eigenvalue weighted by Gasteiger charge is 2.38. The van der Waals surface area contributed by atoms with Crippen molar-refractivity contribution in [3.8, 4) is 0 Å². The van der Waals surface area contributed by atoms with Gasteiger partial charge in [-0.1, -0.05) is 17.7 Å². The Kier molecular flexibility index (Phi) is 7.77. The van der Waals surface area contributed by atoms with Crippen molar-refractivity contribution in [1.82, 2.24) is 19.5 Å². The molecule has 2 N–H and O–H groups in total. The predicted molar refractivity (Wildman–Crippen MR) is 151 cm³/mol. The maximum absolute atomic E-state index is 13.9. The smallest absolute Gasteiger partial charge is 0.328 e. The molecule has 4 heterocycles. The number of likely N-dealkylation sites (tertiary alicyclic amines) is 1. The van der Waals surface area contributed by atoms with Crippen LogP contribution >= 0.6 is 11.6 Å². The fourth-order valence-corrected chi connectivity index (χ4v) is 6.72. The fourth-order valence-electron chi connectivity index (χ4n) is 5.73. The minimum absolute atomic E-state index is 0.178. The fraction of sp³-hybridized carbons (Fsp3) is 0.481. The summed E-state index contributed by atoms with van der Waals surface area (Å²) in [5.41, 5.74) is 8.97. The number of rotatable bonds is 6. The number of hydrogen-bond acceptors (Lipinski definition) is 9. The molecule has 3 atom stereocenters. The molecule has 13 heteroatoms. The van der Waals surface area contributed by atoms with Gasteiger partial charge in [-0.25, -0.2) is 22.7 Å². The lowest BCUT2D eigenvalue weighted by Crippen LogP contribution is -2.39. The first-order chi connectivity index (χ1) is 18.9. The molecule has 0 unspecified atom stereocenters. The number of sulfone groups is 1. The number of hydrogen-bond donors (Lipinski definition) is 1. The van der Waals surface area contributed by atoms with Gasteiger partial charge in [0.25, 0.3) is 5.91 Å². The molecule has 2 fully saturated rings. The highest BCUT2D eigenvalue weighted by atomic mass is 35.5. The Morgan fingerprint density at radius 3 is 2.73 bits per heavy atom. The van der Waals surface area contributed by atoms with Gasteiger partial charge in [0.1, 0.15) is 11.9 Å². The molecule has 2 saturated heterocycles. The molecule has 40 heavy (non-hydrogen) atoms. The Labute approximate surface area is 238 Å². The van der Waals surface area contributed by atoms with Gasteiger partial charge in [-0.05, 0) is 50.3 Å². The molecule has 5 rings (SSSR count). The van der Waals surface area contributed by atoms with Crippen LogP contribution in [0.1, 0.15) is 58.9 Å². The number of carbonyl (C=O) groups is 2. The number of anilines is 1. The van der Waals surface area contributed by atoms with E-state index in [-0.39, 0.29) is 35.3 Å². The zero-order valence-electron chi connectivity index (χ0n) is 22.7. The third-order valence-corrected chi connectivity index (χ3v) is 8.60. The van der Waals surface area contributed by atoms with E-state index in [1.165, 1.54) is 13.2 Å². The number of amides is 1. The predicted octanol–water partition coefficient (Wildman–Crippen LogP) is 2.68. The van der Waals surface area contributed by atoms with E-state index in [0.717, 1.165) is 24.7 Å². The van der Waals surface area contributed by atoms with Crippen molar-refractivity contribution in [2.75, 3.05) is 31.4 Å². The van der Waals surface area contributed by atoms with Crippen LogP contribution in [-0.4, -0.2) is 78.3 Å². The summed E-state index contributed by atoms with van der Waals surface area (Å²) >= 11 is 6.22. The Balaban J connectivity index is 1.49. The maximum atomic E-state index is 13.9. The van der Waals surface area contributed by atoms with Gasteiger partial charge in [0.05, 0.1) is 24.6 Å². The van der Waals surface area contributed by atoms with Gasteiger partial charge in [0, 0.05) is 53.8 Å². The number of aromatic nitrogens is 3. The van der Waals surface area contributed by atoms with E-state index in [2.05, 4.69) is 0 Å². The van der Waals surface area contributed by atoms with Gasteiger partial charge < -0.3 is 20.3 Å². The van der Waals surface area contributed by atoms with E-state index < -0.39 is 15.9 Å². The molecule has 11 nitrogen and oxygen atoms in total.